The first kappa shape index (κ1) is 17.5. The quantitative estimate of drug-likeness (QED) is 0.825. The minimum Gasteiger partial charge on any atom is -0.496 e. The number of carbonyl (C=O) groups is 1. The molecule has 0 aliphatic carbocycles. The summed E-state index contributed by atoms with van der Waals surface area (Å²) in [5, 5.41) is 2.81. The number of hydrogen-bond donors (Lipinski definition) is 1. The van der Waals surface area contributed by atoms with E-state index in [2.05, 4.69) is 11.9 Å². The highest BCUT2D eigenvalue weighted by Gasteiger charge is 2.30. The van der Waals surface area contributed by atoms with E-state index in [1.807, 2.05) is 6.92 Å². The third-order valence-corrected chi connectivity index (χ3v) is 5.88. The van der Waals surface area contributed by atoms with Gasteiger partial charge in [-0.05, 0) is 49.6 Å². The molecule has 1 aliphatic rings. The molecule has 0 saturated carbocycles. The van der Waals surface area contributed by atoms with Gasteiger partial charge in [-0.2, -0.15) is 4.31 Å². The van der Waals surface area contributed by atoms with Gasteiger partial charge in [-0.25, -0.2) is 8.42 Å². The van der Waals surface area contributed by atoms with Gasteiger partial charge in [-0.1, -0.05) is 6.58 Å². The summed E-state index contributed by atoms with van der Waals surface area (Å²) in [6, 6.07) is 4.84. The molecule has 1 aromatic rings. The van der Waals surface area contributed by atoms with E-state index in [0.717, 1.165) is 5.56 Å². The molecular weight excluding hydrogens is 316 g/mol. The largest absolute Gasteiger partial charge is 0.496 e. The molecule has 2 rings (SSSR count). The highest BCUT2D eigenvalue weighted by Crippen LogP contribution is 2.25. The number of carbonyl (C=O) groups excluding carboxylic acids is 1. The number of nitrogens with one attached hydrogen (secondary N) is 1. The molecule has 1 aliphatic heterocycles. The monoisotopic (exact) mass is 338 g/mol. The average Bonchev–Trinajstić information content (AvgIpc) is 2.55. The Morgan fingerprint density at radius 2 is 2.04 bits per heavy atom. The molecule has 0 atom stereocenters. The van der Waals surface area contributed by atoms with Gasteiger partial charge >= 0.3 is 0 Å². The Kier molecular flexibility index (Phi) is 5.43. The maximum Gasteiger partial charge on any atom is 0.243 e. The van der Waals surface area contributed by atoms with E-state index in [0.29, 0.717) is 31.7 Å². The van der Waals surface area contributed by atoms with Crippen LogP contribution in [-0.2, 0) is 14.8 Å². The Morgan fingerprint density at radius 3 is 2.57 bits per heavy atom. The van der Waals surface area contributed by atoms with Gasteiger partial charge in [-0.3, -0.25) is 4.79 Å². The Morgan fingerprint density at radius 1 is 1.39 bits per heavy atom. The minimum absolute atomic E-state index is 0.00967. The van der Waals surface area contributed by atoms with Crippen LogP contribution < -0.4 is 10.1 Å². The number of benzene rings is 1. The Bertz CT molecular complexity index is 692. The summed E-state index contributed by atoms with van der Waals surface area (Å²) in [6.45, 7) is 6.00. The normalized spacial score (nSPS) is 16.8. The number of rotatable bonds is 5. The zero-order valence-corrected chi connectivity index (χ0v) is 14.2. The predicted octanol–water partition coefficient (Wildman–Crippen LogP) is 1.46. The lowest BCUT2D eigenvalue weighted by Crippen LogP contribution is -2.46. The third kappa shape index (κ3) is 3.92. The Labute approximate surface area is 137 Å². The first-order valence-electron chi connectivity index (χ1n) is 7.46. The van der Waals surface area contributed by atoms with Crippen molar-refractivity contribution in [3.63, 3.8) is 0 Å². The van der Waals surface area contributed by atoms with Crippen LogP contribution in [0.2, 0.25) is 0 Å². The van der Waals surface area contributed by atoms with Gasteiger partial charge in [0.05, 0.1) is 12.0 Å². The first-order valence-corrected chi connectivity index (χ1v) is 8.90. The fourth-order valence-corrected chi connectivity index (χ4v) is 4.22. The fraction of sp³-hybridized carbons (Fsp3) is 0.438. The van der Waals surface area contributed by atoms with Crippen LogP contribution >= 0.6 is 0 Å². The number of hydrogen-bond acceptors (Lipinski definition) is 4. The fourth-order valence-electron chi connectivity index (χ4n) is 2.66. The zero-order chi connectivity index (χ0) is 17.0. The summed E-state index contributed by atoms with van der Waals surface area (Å²) < 4.78 is 32.0. The molecule has 23 heavy (non-hydrogen) atoms. The molecular formula is C16H22N2O4S. The summed E-state index contributed by atoms with van der Waals surface area (Å²) >= 11 is 0. The second-order valence-electron chi connectivity index (χ2n) is 5.52. The number of ether oxygens (including phenoxy) is 1. The molecule has 0 radical (unpaired) electrons. The van der Waals surface area contributed by atoms with Crippen LogP contribution in [0.3, 0.4) is 0 Å². The van der Waals surface area contributed by atoms with Gasteiger partial charge in [0.15, 0.2) is 0 Å². The second-order valence-corrected chi connectivity index (χ2v) is 7.46. The lowest BCUT2D eigenvalue weighted by atomic mass is 10.1. The van der Waals surface area contributed by atoms with E-state index >= 15 is 0 Å². The summed E-state index contributed by atoms with van der Waals surface area (Å²) in [7, 11) is -1.97. The van der Waals surface area contributed by atoms with Crippen LogP contribution in [0.1, 0.15) is 18.4 Å². The maximum absolute atomic E-state index is 12.7. The van der Waals surface area contributed by atoms with Gasteiger partial charge < -0.3 is 10.1 Å². The van der Waals surface area contributed by atoms with Gasteiger partial charge in [0.2, 0.25) is 15.9 Å². The molecule has 0 aromatic heterocycles. The summed E-state index contributed by atoms with van der Waals surface area (Å²) in [5.74, 6) is 0.437. The molecule has 7 heteroatoms. The number of piperidine rings is 1. The van der Waals surface area contributed by atoms with Crippen LogP contribution in [0, 0.1) is 6.92 Å². The van der Waals surface area contributed by atoms with Crippen molar-refractivity contribution in [1.82, 2.24) is 9.62 Å². The Balaban J connectivity index is 2.08. The van der Waals surface area contributed by atoms with Crippen LogP contribution in [0.25, 0.3) is 0 Å². The zero-order valence-electron chi connectivity index (χ0n) is 13.4. The van der Waals surface area contributed by atoms with Crippen molar-refractivity contribution in [3.8, 4) is 5.75 Å². The van der Waals surface area contributed by atoms with Gasteiger partial charge in [0.25, 0.3) is 0 Å². The summed E-state index contributed by atoms with van der Waals surface area (Å²) in [4.78, 5) is 11.6. The molecule has 1 fully saturated rings. The number of methoxy groups -OCH3 is 1. The van der Waals surface area contributed by atoms with Crippen molar-refractivity contribution in [3.05, 3.63) is 36.4 Å². The van der Waals surface area contributed by atoms with Crippen molar-refractivity contribution in [2.24, 2.45) is 0 Å². The highest BCUT2D eigenvalue weighted by atomic mass is 32.2. The molecule has 0 unspecified atom stereocenters. The SMILES string of the molecule is C=CC(=O)NC1CCN(S(=O)(=O)c2ccc(OC)c(C)c2)CC1. The second kappa shape index (κ2) is 7.14. The third-order valence-electron chi connectivity index (χ3n) is 3.99. The van der Waals surface area contributed by atoms with Crippen molar-refractivity contribution in [2.45, 2.75) is 30.7 Å². The molecule has 0 spiro atoms. The highest BCUT2D eigenvalue weighted by molar-refractivity contribution is 7.89. The van der Waals surface area contributed by atoms with Gasteiger partial charge in [0, 0.05) is 19.1 Å². The van der Waals surface area contributed by atoms with Crippen molar-refractivity contribution >= 4 is 15.9 Å². The summed E-state index contributed by atoms with van der Waals surface area (Å²) in [6.07, 6.45) is 2.41. The molecule has 126 valence electrons. The van der Waals surface area contributed by atoms with E-state index in [4.69, 9.17) is 4.74 Å². The van der Waals surface area contributed by atoms with Gasteiger partial charge in [0.1, 0.15) is 5.75 Å². The number of nitrogens with zero attached hydrogens (tertiary/aromatic N) is 1. The van der Waals surface area contributed by atoms with Crippen LogP contribution in [0.15, 0.2) is 35.7 Å². The lowest BCUT2D eigenvalue weighted by Gasteiger charge is -2.31. The Hall–Kier alpha value is -1.86. The van der Waals surface area contributed by atoms with E-state index in [9.17, 15) is 13.2 Å². The smallest absolute Gasteiger partial charge is 0.243 e. The number of sulfonamides is 1. The van der Waals surface area contributed by atoms with Gasteiger partial charge in [-0.15, -0.1) is 0 Å². The maximum atomic E-state index is 12.7. The van der Waals surface area contributed by atoms with Crippen molar-refractivity contribution in [1.29, 1.82) is 0 Å². The van der Waals surface area contributed by atoms with E-state index < -0.39 is 10.0 Å². The molecule has 1 heterocycles. The predicted molar refractivity (Wildman–Crippen MR) is 87.9 cm³/mol. The average molecular weight is 338 g/mol. The van der Waals surface area contributed by atoms with E-state index in [1.165, 1.54) is 10.4 Å². The van der Waals surface area contributed by atoms with Crippen molar-refractivity contribution in [2.75, 3.05) is 20.2 Å². The standard InChI is InChI=1S/C16H22N2O4S/c1-4-16(19)17-13-7-9-18(10-8-13)23(20,21)14-5-6-15(22-3)12(2)11-14/h4-6,11,13H,1,7-10H2,2-3H3,(H,17,19). The van der Waals surface area contributed by atoms with Crippen molar-refractivity contribution < 1.29 is 17.9 Å². The molecule has 1 saturated heterocycles. The summed E-state index contributed by atoms with van der Waals surface area (Å²) in [5.41, 5.74) is 0.779. The van der Waals surface area contributed by atoms with E-state index in [-0.39, 0.29) is 16.8 Å². The number of aryl methyl sites for hydroxylation is 1. The first-order chi connectivity index (χ1) is 10.9. The van der Waals surface area contributed by atoms with Crippen LogP contribution in [0.4, 0.5) is 0 Å². The number of amides is 1. The molecule has 1 aromatic carbocycles. The molecule has 0 bridgehead atoms. The van der Waals surface area contributed by atoms with E-state index in [1.54, 1.807) is 25.3 Å². The van der Waals surface area contributed by atoms with Crippen LogP contribution in [0.5, 0.6) is 5.75 Å². The van der Waals surface area contributed by atoms with Crippen LogP contribution in [-0.4, -0.2) is 44.9 Å². The minimum atomic E-state index is -3.52. The molecule has 1 amide bonds. The molecule has 1 N–H and O–H groups in total. The lowest BCUT2D eigenvalue weighted by molar-refractivity contribution is -0.117. The molecule has 6 nitrogen and oxygen atoms in total. The topological polar surface area (TPSA) is 75.7 Å².